The van der Waals surface area contributed by atoms with Crippen LogP contribution in [0.5, 0.6) is 0 Å². The number of rotatable bonds is 10. The van der Waals surface area contributed by atoms with Gasteiger partial charge in [-0.2, -0.15) is 0 Å². The molecular weight excluding hydrogens is 367 g/mol. The molecule has 0 rings (SSSR count). The van der Waals surface area contributed by atoms with E-state index in [-0.39, 0.29) is 27.7 Å². The van der Waals surface area contributed by atoms with Crippen LogP contribution in [0.15, 0.2) is 11.6 Å². The van der Waals surface area contributed by atoms with Crippen molar-refractivity contribution in [3.8, 4) is 0 Å². The van der Waals surface area contributed by atoms with Gasteiger partial charge >= 0.3 is 69.5 Å². The molecule has 0 aromatic rings. The number of unbranched alkanes of at least 4 members (excludes halogenated alkanes) is 2. The molecule has 6 heteroatoms. The summed E-state index contributed by atoms with van der Waals surface area (Å²) in [4.78, 5) is 19.9. The first-order chi connectivity index (χ1) is 9.49. The number of hydrogen-bond acceptors (Lipinski definition) is 5. The maximum Gasteiger partial charge on any atom is 0.0731 e. The van der Waals surface area contributed by atoms with Crippen molar-refractivity contribution in [1.82, 2.24) is 0 Å². The maximum atomic E-state index is 10.1. The molecule has 0 fully saturated rings. The Labute approximate surface area is 131 Å². The van der Waals surface area contributed by atoms with Crippen molar-refractivity contribution in [1.29, 1.82) is 0 Å². The van der Waals surface area contributed by atoms with Gasteiger partial charge in [-0.15, -0.1) is 0 Å². The summed E-state index contributed by atoms with van der Waals surface area (Å²) < 4.78 is 7.64. The quantitative estimate of drug-likeness (QED) is 0.301. The third-order valence-corrected chi connectivity index (χ3v) is 6.30. The summed E-state index contributed by atoms with van der Waals surface area (Å²) >= 11 is 0.149. The second kappa shape index (κ2) is 16.5. The number of carboxylic acid groups (broad SMARTS) is 2. The molecule has 0 bridgehead atoms. The molecule has 0 atom stereocenters. The molecule has 5 nitrogen and oxygen atoms in total. The molecule has 20 heavy (non-hydrogen) atoms. The summed E-state index contributed by atoms with van der Waals surface area (Å²) in [6.45, 7) is 4.27. The van der Waals surface area contributed by atoms with Gasteiger partial charge in [-0.05, 0) is 6.08 Å². The van der Waals surface area contributed by atoms with E-state index in [1.807, 2.05) is 0 Å². The predicted molar refractivity (Wildman–Crippen MR) is 75.2 cm³/mol. The first kappa shape index (κ1) is 21.7. The van der Waals surface area contributed by atoms with Gasteiger partial charge in [0.15, 0.2) is 0 Å². The van der Waals surface area contributed by atoms with Gasteiger partial charge in [0.2, 0.25) is 0 Å². The Morgan fingerprint density at radius 3 is 1.90 bits per heavy atom. The zero-order valence-corrected chi connectivity index (χ0v) is 15.4. The van der Waals surface area contributed by atoms with Crippen molar-refractivity contribution in [2.75, 3.05) is 13.7 Å². The average molecular weight is 391 g/mol. The normalized spacial score (nSPS) is 10.2. The second-order valence-corrected chi connectivity index (χ2v) is 8.45. The summed E-state index contributed by atoms with van der Waals surface area (Å²) in [5.74, 6) is -3.16. The van der Waals surface area contributed by atoms with Crippen LogP contribution >= 0.6 is 0 Å². The number of carbonyl (C=O) groups excluding carboxylic acids is 2. The number of methoxy groups -OCH3 is 1. The van der Waals surface area contributed by atoms with Crippen molar-refractivity contribution in [2.45, 2.75) is 48.4 Å². The van der Waals surface area contributed by atoms with Crippen LogP contribution in [0.25, 0.3) is 0 Å². The minimum atomic E-state index is -1.58. The van der Waals surface area contributed by atoms with Crippen LogP contribution in [-0.2, 0) is 14.3 Å². The topological polar surface area (TPSA) is 89.5 Å². The van der Waals surface area contributed by atoms with E-state index in [9.17, 15) is 19.8 Å². The fraction of sp³-hybridized carbons (Fsp3) is 0.714. The third-order valence-electron chi connectivity index (χ3n) is 2.27. The Hall–Kier alpha value is -0.561. The Morgan fingerprint density at radius 1 is 1.10 bits per heavy atom. The number of aliphatic carboxylic acids is 2. The van der Waals surface area contributed by atoms with Gasteiger partial charge in [0, 0.05) is 12.7 Å². The summed E-state index contributed by atoms with van der Waals surface area (Å²) in [6.07, 6.45) is 6.27. The SMILES string of the molecule is CCC[CH2][Sn+2][CH2]CCC.COC/C(=C/C(=O)[O-])C(=O)[O-]. The summed E-state index contributed by atoms with van der Waals surface area (Å²) in [5, 5.41) is 19.9. The number of ether oxygens (including phenoxy) is 1. The molecule has 0 heterocycles. The molecule has 0 aromatic carbocycles. The Kier molecular flexibility index (Phi) is 17.9. The van der Waals surface area contributed by atoms with Gasteiger partial charge in [-0.3, -0.25) is 0 Å². The molecule has 0 saturated heterocycles. The van der Waals surface area contributed by atoms with Gasteiger partial charge < -0.3 is 24.5 Å². The van der Waals surface area contributed by atoms with Crippen LogP contribution in [0.3, 0.4) is 0 Å². The van der Waals surface area contributed by atoms with E-state index < -0.39 is 17.5 Å². The van der Waals surface area contributed by atoms with E-state index in [1.54, 1.807) is 8.87 Å². The van der Waals surface area contributed by atoms with Gasteiger partial charge in [0.25, 0.3) is 0 Å². The van der Waals surface area contributed by atoms with E-state index in [2.05, 4.69) is 18.6 Å². The van der Waals surface area contributed by atoms with E-state index in [0.29, 0.717) is 6.08 Å². The maximum absolute atomic E-state index is 10.1. The van der Waals surface area contributed by atoms with Crippen molar-refractivity contribution < 1.29 is 24.5 Å². The minimum absolute atomic E-state index is 0.149. The first-order valence-corrected chi connectivity index (χ1v) is 10.9. The van der Waals surface area contributed by atoms with E-state index >= 15 is 0 Å². The van der Waals surface area contributed by atoms with Crippen LogP contribution in [0.1, 0.15) is 39.5 Å². The Morgan fingerprint density at radius 2 is 1.60 bits per heavy atom. The van der Waals surface area contributed by atoms with Crippen LogP contribution in [-0.4, -0.2) is 46.8 Å². The number of hydrogen-bond donors (Lipinski definition) is 0. The van der Waals surface area contributed by atoms with E-state index in [1.165, 1.54) is 32.8 Å². The molecular formula is C14H24O5Sn. The summed E-state index contributed by atoms with van der Waals surface area (Å²) in [6, 6.07) is 0. The summed E-state index contributed by atoms with van der Waals surface area (Å²) in [5.41, 5.74) is -0.451. The van der Waals surface area contributed by atoms with E-state index in [0.717, 1.165) is 0 Å². The van der Waals surface area contributed by atoms with Crippen molar-refractivity contribution in [3.63, 3.8) is 0 Å². The first-order valence-electron chi connectivity index (χ1n) is 6.82. The Bertz CT molecular complexity index is 283. The molecule has 0 spiro atoms. The summed E-state index contributed by atoms with van der Waals surface area (Å²) in [7, 11) is 1.24. The monoisotopic (exact) mass is 392 g/mol. The van der Waals surface area contributed by atoms with Crippen molar-refractivity contribution in [3.05, 3.63) is 11.6 Å². The van der Waals surface area contributed by atoms with E-state index in [4.69, 9.17) is 0 Å². The number of carbonyl (C=O) groups is 2. The second-order valence-electron chi connectivity index (χ2n) is 4.17. The molecule has 0 aliphatic heterocycles. The molecule has 0 unspecified atom stereocenters. The smallest absolute Gasteiger partial charge is 0.0731 e. The largest absolute Gasteiger partial charge is 0.545 e. The molecule has 114 valence electrons. The number of carboxylic acids is 2. The van der Waals surface area contributed by atoms with Crippen LogP contribution in [0.2, 0.25) is 8.87 Å². The fourth-order valence-electron chi connectivity index (χ4n) is 1.19. The minimum Gasteiger partial charge on any atom is -0.545 e. The molecule has 0 aliphatic carbocycles. The van der Waals surface area contributed by atoms with Crippen LogP contribution in [0.4, 0.5) is 0 Å². The van der Waals surface area contributed by atoms with Gasteiger partial charge in [0.1, 0.15) is 0 Å². The molecule has 0 aliphatic rings. The van der Waals surface area contributed by atoms with Crippen LogP contribution in [0, 0.1) is 0 Å². The molecule has 0 N–H and O–H groups in total. The van der Waals surface area contributed by atoms with Crippen molar-refractivity contribution >= 4 is 33.1 Å². The zero-order valence-electron chi connectivity index (χ0n) is 12.6. The van der Waals surface area contributed by atoms with Gasteiger partial charge in [-0.25, -0.2) is 0 Å². The Balaban J connectivity index is 0. The zero-order chi connectivity index (χ0) is 15.8. The average Bonchev–Trinajstić information content (AvgIpc) is 2.38. The van der Waals surface area contributed by atoms with Crippen LogP contribution < -0.4 is 10.2 Å². The van der Waals surface area contributed by atoms with Gasteiger partial charge in [0.05, 0.1) is 18.5 Å². The molecule has 0 aromatic heterocycles. The molecule has 0 radical (unpaired) electrons. The molecule has 0 amide bonds. The van der Waals surface area contributed by atoms with Crippen molar-refractivity contribution in [2.24, 2.45) is 0 Å². The fourth-order valence-corrected chi connectivity index (χ4v) is 5.34. The molecule has 0 saturated carbocycles. The standard InChI is InChI=1S/C6H8O5.2C4H9.Sn/c1-11-3-4(6(9)10)2-5(7)8;2*1-3-4-2;/h2H,3H2,1H3,(H,7,8)(H,9,10);2*1,3-4H2,2H3;/q;;;+2/p-2/b4-2-;;;. The third kappa shape index (κ3) is 17.4. The van der Waals surface area contributed by atoms with Gasteiger partial charge in [-0.1, -0.05) is 0 Å². The predicted octanol–water partition coefficient (Wildman–Crippen LogP) is 0.186.